The molecular weight excluding hydrogens is 464 g/mol. The van der Waals surface area contributed by atoms with Crippen LogP contribution in [0.2, 0.25) is 0 Å². The first-order valence-corrected chi connectivity index (χ1v) is 12.2. The van der Waals surface area contributed by atoms with Crippen molar-refractivity contribution in [1.82, 2.24) is 10.6 Å². The molecule has 3 N–H and O–H groups in total. The van der Waals surface area contributed by atoms with Crippen molar-refractivity contribution in [3.8, 4) is 22.8 Å². The number of amides is 1. The van der Waals surface area contributed by atoms with Crippen LogP contribution in [0, 0.1) is 0 Å². The number of ether oxygens (including phenoxy) is 3. The van der Waals surface area contributed by atoms with E-state index in [9.17, 15) is 14.7 Å². The van der Waals surface area contributed by atoms with Gasteiger partial charge in [0.25, 0.3) is 0 Å². The zero-order valence-corrected chi connectivity index (χ0v) is 21.5. The number of aliphatic carboxylic acids is 1. The summed E-state index contributed by atoms with van der Waals surface area (Å²) in [7, 11) is 3.16. The lowest BCUT2D eigenvalue weighted by atomic mass is 9.87. The van der Waals surface area contributed by atoms with Gasteiger partial charge in [0, 0.05) is 24.1 Å². The highest BCUT2D eigenvalue weighted by Gasteiger charge is 2.37. The lowest BCUT2D eigenvalue weighted by Gasteiger charge is -2.38. The molecule has 9 heteroatoms. The number of rotatable bonds is 12. The molecule has 0 saturated heterocycles. The van der Waals surface area contributed by atoms with Crippen LogP contribution in [0.3, 0.4) is 0 Å². The first kappa shape index (κ1) is 27.3. The van der Waals surface area contributed by atoms with E-state index in [1.165, 1.54) is 6.92 Å². The van der Waals surface area contributed by atoms with Gasteiger partial charge >= 0.3 is 5.97 Å². The molecule has 1 aromatic heterocycles. The van der Waals surface area contributed by atoms with Crippen molar-refractivity contribution >= 4 is 11.9 Å². The summed E-state index contributed by atoms with van der Waals surface area (Å²) in [6.07, 6.45) is 2.85. The molecule has 196 valence electrons. The Labute approximate surface area is 211 Å². The van der Waals surface area contributed by atoms with E-state index in [-0.39, 0.29) is 30.0 Å². The summed E-state index contributed by atoms with van der Waals surface area (Å²) in [4.78, 5) is 23.9. The van der Waals surface area contributed by atoms with Gasteiger partial charge in [-0.1, -0.05) is 13.8 Å². The largest absolute Gasteiger partial charge is 0.493 e. The number of benzene rings is 1. The zero-order chi connectivity index (χ0) is 26.2. The quantitative estimate of drug-likeness (QED) is 0.401. The Hall–Kier alpha value is -3.30. The zero-order valence-electron chi connectivity index (χ0n) is 21.5. The molecular formula is C27H36N2O7. The van der Waals surface area contributed by atoms with Gasteiger partial charge in [-0.3, -0.25) is 4.79 Å². The summed E-state index contributed by atoms with van der Waals surface area (Å²) in [6, 6.07) is 8.48. The highest BCUT2D eigenvalue weighted by Crippen LogP contribution is 2.33. The van der Waals surface area contributed by atoms with Crippen LogP contribution in [0.25, 0.3) is 11.3 Å². The van der Waals surface area contributed by atoms with E-state index in [1.807, 2.05) is 44.2 Å². The van der Waals surface area contributed by atoms with Gasteiger partial charge in [0.2, 0.25) is 5.91 Å². The van der Waals surface area contributed by atoms with E-state index >= 15 is 0 Å². The smallest absolute Gasteiger partial charge is 0.331 e. The van der Waals surface area contributed by atoms with Gasteiger partial charge in [-0.25, -0.2) is 4.79 Å². The average Bonchev–Trinajstić information content (AvgIpc) is 3.35. The Morgan fingerprint density at radius 2 is 1.83 bits per heavy atom. The maximum atomic E-state index is 12.0. The van der Waals surface area contributed by atoms with Crippen LogP contribution in [-0.2, 0) is 20.9 Å². The summed E-state index contributed by atoms with van der Waals surface area (Å²) in [5.41, 5.74) is 1.10. The molecule has 1 aromatic carbocycles. The predicted molar refractivity (Wildman–Crippen MR) is 135 cm³/mol. The SMILES string of the molecule is CCC(CC)O[C@@H]1C=C(C(=O)O)C[C@H](NCc2ccc(-c3ccc(OC)c(OC)c3)o2)[C@H]1NC(C)=O. The molecule has 1 amide bonds. The maximum Gasteiger partial charge on any atom is 0.331 e. The second kappa shape index (κ2) is 12.6. The Morgan fingerprint density at radius 1 is 1.11 bits per heavy atom. The molecule has 1 aliphatic rings. The van der Waals surface area contributed by atoms with Crippen LogP contribution >= 0.6 is 0 Å². The third kappa shape index (κ3) is 6.67. The van der Waals surface area contributed by atoms with Gasteiger partial charge in [0.15, 0.2) is 11.5 Å². The molecule has 3 atom stereocenters. The first-order valence-electron chi connectivity index (χ1n) is 12.2. The number of carbonyl (C=O) groups is 2. The molecule has 0 unspecified atom stereocenters. The molecule has 0 fully saturated rings. The molecule has 0 bridgehead atoms. The van der Waals surface area contributed by atoms with Crippen LogP contribution in [0.4, 0.5) is 0 Å². The summed E-state index contributed by atoms with van der Waals surface area (Å²) in [6.45, 7) is 5.84. The second-order valence-electron chi connectivity index (χ2n) is 8.79. The van der Waals surface area contributed by atoms with Crippen LogP contribution < -0.4 is 20.1 Å². The van der Waals surface area contributed by atoms with Crippen LogP contribution in [0.5, 0.6) is 11.5 Å². The Balaban J connectivity index is 1.79. The number of methoxy groups -OCH3 is 2. The topological polar surface area (TPSA) is 119 Å². The number of carbonyl (C=O) groups excluding carboxylic acids is 1. The van der Waals surface area contributed by atoms with E-state index in [2.05, 4.69) is 10.6 Å². The fraction of sp³-hybridized carbons (Fsp3) is 0.481. The van der Waals surface area contributed by atoms with Crippen LogP contribution in [0.15, 0.2) is 46.4 Å². The highest BCUT2D eigenvalue weighted by atomic mass is 16.5. The molecule has 2 aromatic rings. The van der Waals surface area contributed by atoms with Crippen molar-refractivity contribution in [2.45, 2.75) is 70.9 Å². The Bertz CT molecular complexity index is 1070. The third-order valence-corrected chi connectivity index (χ3v) is 6.37. The number of hydrogen-bond donors (Lipinski definition) is 3. The molecule has 0 spiro atoms. The van der Waals surface area contributed by atoms with E-state index in [0.29, 0.717) is 29.6 Å². The molecule has 1 aliphatic carbocycles. The van der Waals surface area contributed by atoms with Crippen molar-refractivity contribution in [1.29, 1.82) is 0 Å². The molecule has 0 saturated carbocycles. The average molecular weight is 501 g/mol. The van der Waals surface area contributed by atoms with E-state index in [4.69, 9.17) is 18.6 Å². The van der Waals surface area contributed by atoms with Crippen molar-refractivity contribution < 1.29 is 33.3 Å². The van der Waals surface area contributed by atoms with E-state index in [1.54, 1.807) is 20.3 Å². The minimum absolute atomic E-state index is 0.0366. The standard InChI is InChI=1S/C27H36N2O7/c1-6-19(7-2)35-25-14-18(27(31)32)12-21(26(25)29-16(3)30)28-15-20-9-11-22(36-20)17-8-10-23(33-4)24(13-17)34-5/h8-11,13-14,19,21,25-26,28H,6-7,12,15H2,1-5H3,(H,29,30)(H,31,32)/t21-,25+,26+/m0/s1. The highest BCUT2D eigenvalue weighted by molar-refractivity contribution is 5.87. The van der Waals surface area contributed by atoms with Crippen molar-refractivity contribution in [2.24, 2.45) is 0 Å². The van der Waals surface area contributed by atoms with Crippen molar-refractivity contribution in [3.05, 3.63) is 47.7 Å². The molecule has 0 aliphatic heterocycles. The van der Waals surface area contributed by atoms with Gasteiger partial charge in [-0.2, -0.15) is 0 Å². The van der Waals surface area contributed by atoms with E-state index in [0.717, 1.165) is 18.4 Å². The molecule has 9 nitrogen and oxygen atoms in total. The summed E-state index contributed by atoms with van der Waals surface area (Å²) in [5.74, 6) is 1.37. The predicted octanol–water partition coefficient (Wildman–Crippen LogP) is 3.92. The number of nitrogens with one attached hydrogen (secondary N) is 2. The van der Waals surface area contributed by atoms with Crippen LogP contribution in [0.1, 0.15) is 45.8 Å². The molecule has 0 radical (unpaired) electrons. The van der Waals surface area contributed by atoms with Gasteiger partial charge < -0.3 is 34.4 Å². The minimum atomic E-state index is -0.991. The first-order chi connectivity index (χ1) is 17.3. The number of carboxylic acid groups (broad SMARTS) is 1. The fourth-order valence-electron chi connectivity index (χ4n) is 4.41. The Morgan fingerprint density at radius 3 is 2.44 bits per heavy atom. The normalized spacial score (nSPS) is 19.6. The van der Waals surface area contributed by atoms with Gasteiger partial charge in [0.05, 0.1) is 39.0 Å². The minimum Gasteiger partial charge on any atom is -0.493 e. The lowest BCUT2D eigenvalue weighted by molar-refractivity contribution is -0.133. The van der Waals surface area contributed by atoms with Gasteiger partial charge in [-0.05, 0) is 55.7 Å². The molecule has 36 heavy (non-hydrogen) atoms. The summed E-state index contributed by atoms with van der Waals surface area (Å²) in [5, 5.41) is 16.1. The lowest BCUT2D eigenvalue weighted by Crippen LogP contribution is -2.58. The van der Waals surface area contributed by atoms with Crippen molar-refractivity contribution in [3.63, 3.8) is 0 Å². The van der Waals surface area contributed by atoms with Gasteiger partial charge in [-0.15, -0.1) is 0 Å². The number of furan rings is 1. The van der Waals surface area contributed by atoms with E-state index < -0.39 is 18.1 Å². The van der Waals surface area contributed by atoms with Gasteiger partial charge in [0.1, 0.15) is 11.5 Å². The maximum absolute atomic E-state index is 12.0. The number of hydrogen-bond acceptors (Lipinski definition) is 7. The van der Waals surface area contributed by atoms with Crippen LogP contribution in [-0.4, -0.2) is 55.5 Å². The fourth-order valence-corrected chi connectivity index (χ4v) is 4.41. The monoisotopic (exact) mass is 500 g/mol. The van der Waals surface area contributed by atoms with Crippen molar-refractivity contribution in [2.75, 3.05) is 14.2 Å². The molecule has 1 heterocycles. The second-order valence-corrected chi connectivity index (χ2v) is 8.79. The summed E-state index contributed by atoms with van der Waals surface area (Å²) >= 11 is 0. The Kier molecular flexibility index (Phi) is 9.55. The third-order valence-electron chi connectivity index (χ3n) is 6.37. The number of carboxylic acids is 1. The molecule has 3 rings (SSSR count). The summed E-state index contributed by atoms with van der Waals surface area (Å²) < 4.78 is 22.9.